The summed E-state index contributed by atoms with van der Waals surface area (Å²) in [5.74, 6) is 0. The molecule has 4 heteroatoms. The second-order valence-electron chi connectivity index (χ2n) is 0. The summed E-state index contributed by atoms with van der Waals surface area (Å²) < 4.78 is 0. The summed E-state index contributed by atoms with van der Waals surface area (Å²) in [6, 6.07) is 0. The van der Waals surface area contributed by atoms with Gasteiger partial charge in [0.05, 0.1) is 0 Å². The molecule has 0 fully saturated rings. The molecule has 0 saturated heterocycles. The molecular formula is H7O2PW. The van der Waals surface area contributed by atoms with E-state index in [-0.39, 0.29) is 41.9 Å². The summed E-state index contributed by atoms with van der Waals surface area (Å²) in [6.45, 7) is 0. The molecule has 0 radical (unpaired) electrons. The van der Waals surface area contributed by atoms with Gasteiger partial charge in [0.15, 0.2) is 0 Å². The van der Waals surface area contributed by atoms with Crippen molar-refractivity contribution in [1.82, 2.24) is 0 Å². The van der Waals surface area contributed by atoms with Crippen LogP contribution in [-0.2, 0) is 21.1 Å². The van der Waals surface area contributed by atoms with Gasteiger partial charge in [-0.15, -0.1) is 0 Å². The van der Waals surface area contributed by atoms with Crippen LogP contribution in [0, 0.1) is 0 Å². The van der Waals surface area contributed by atoms with E-state index in [1.807, 2.05) is 0 Å². The van der Waals surface area contributed by atoms with Crippen LogP contribution in [0.4, 0.5) is 0 Å². The smallest absolute Gasteiger partial charge is 0 e. The third-order valence-corrected chi connectivity index (χ3v) is 0. The van der Waals surface area contributed by atoms with Crippen LogP contribution in [0.3, 0.4) is 0 Å². The van der Waals surface area contributed by atoms with Gasteiger partial charge in [0.2, 0.25) is 0 Å². The Kier molecular flexibility index (Phi) is 659. The summed E-state index contributed by atoms with van der Waals surface area (Å²) in [7, 11) is 0. The molecule has 4 heavy (non-hydrogen) atoms. The quantitative estimate of drug-likeness (QED) is 0.468. The fraction of sp³-hybridized carbons (Fsp3) is 0. The van der Waals surface area contributed by atoms with Crippen LogP contribution in [0.2, 0.25) is 0 Å². The maximum absolute atomic E-state index is 0. The predicted octanol–water partition coefficient (Wildman–Crippen LogP) is -1.59. The van der Waals surface area contributed by atoms with Crippen molar-refractivity contribution in [1.29, 1.82) is 0 Å². The summed E-state index contributed by atoms with van der Waals surface area (Å²) in [6.07, 6.45) is 0. The zero-order valence-electron chi connectivity index (χ0n) is 2.12. The van der Waals surface area contributed by atoms with Gasteiger partial charge in [-0.2, -0.15) is 9.90 Å². The second kappa shape index (κ2) is 34.6. The van der Waals surface area contributed by atoms with Gasteiger partial charge >= 0.3 is 0 Å². The number of rotatable bonds is 0. The molecule has 0 saturated carbocycles. The van der Waals surface area contributed by atoms with E-state index in [0.29, 0.717) is 0 Å². The minimum atomic E-state index is 0. The van der Waals surface area contributed by atoms with Crippen molar-refractivity contribution >= 4 is 9.90 Å². The van der Waals surface area contributed by atoms with E-state index >= 15 is 0 Å². The van der Waals surface area contributed by atoms with Gasteiger partial charge < -0.3 is 11.0 Å². The first-order valence-corrected chi connectivity index (χ1v) is 0. The molecule has 4 N–H and O–H groups in total. The standard InChI is InChI=1S/2H2O.H3P.W/h2*1H2;1H3;. The molecule has 1 unspecified atom stereocenters. The SMILES string of the molecule is O.O.P.[W]. The van der Waals surface area contributed by atoms with Crippen molar-refractivity contribution < 1.29 is 32.0 Å². The Hall–Kier alpha value is 1.04. The molecule has 30 valence electrons. The third kappa shape index (κ3) is 11.7. The monoisotopic (exact) mass is 254 g/mol. The third-order valence-electron chi connectivity index (χ3n) is 0. The van der Waals surface area contributed by atoms with Gasteiger partial charge in [-0.25, -0.2) is 0 Å². The zero-order valence-corrected chi connectivity index (χ0v) is 6.46. The van der Waals surface area contributed by atoms with Gasteiger partial charge in [0.25, 0.3) is 0 Å². The maximum Gasteiger partial charge on any atom is 0 e. The summed E-state index contributed by atoms with van der Waals surface area (Å²) >= 11 is 0. The molecule has 1 atom stereocenters. The fourth-order valence-corrected chi connectivity index (χ4v) is 0. The van der Waals surface area contributed by atoms with Crippen LogP contribution in [-0.4, -0.2) is 11.0 Å². The van der Waals surface area contributed by atoms with Crippen LogP contribution in [0.1, 0.15) is 0 Å². The summed E-state index contributed by atoms with van der Waals surface area (Å²) in [5, 5.41) is 0. The van der Waals surface area contributed by atoms with E-state index in [2.05, 4.69) is 0 Å². The Labute approximate surface area is 42.5 Å². The Morgan fingerprint density at radius 3 is 0.750 bits per heavy atom. The normalized spacial score (nSPS) is 0. The van der Waals surface area contributed by atoms with Crippen LogP contribution in [0.15, 0.2) is 0 Å². The maximum atomic E-state index is 0. The topological polar surface area (TPSA) is 63.0 Å². The first kappa shape index (κ1) is 76.2. The molecule has 0 aromatic rings. The van der Waals surface area contributed by atoms with E-state index < -0.39 is 0 Å². The Morgan fingerprint density at radius 1 is 0.750 bits per heavy atom. The van der Waals surface area contributed by atoms with E-state index in [1.165, 1.54) is 0 Å². The van der Waals surface area contributed by atoms with E-state index in [0.717, 1.165) is 0 Å². The molecule has 2 nitrogen and oxygen atoms in total. The van der Waals surface area contributed by atoms with Crippen molar-refractivity contribution in [2.24, 2.45) is 0 Å². The van der Waals surface area contributed by atoms with Crippen molar-refractivity contribution in [2.45, 2.75) is 0 Å². The molecule has 0 rings (SSSR count). The minimum Gasteiger partial charge on any atom is -0.412 e. The van der Waals surface area contributed by atoms with Crippen molar-refractivity contribution in [3.05, 3.63) is 0 Å². The number of hydrogen-bond acceptors (Lipinski definition) is 0. The van der Waals surface area contributed by atoms with Gasteiger partial charge in [-0.3, -0.25) is 0 Å². The van der Waals surface area contributed by atoms with E-state index in [4.69, 9.17) is 0 Å². The van der Waals surface area contributed by atoms with Crippen molar-refractivity contribution in [2.75, 3.05) is 0 Å². The molecule has 0 aliphatic carbocycles. The summed E-state index contributed by atoms with van der Waals surface area (Å²) in [5.41, 5.74) is 0. The minimum absolute atomic E-state index is 0. The molecule has 0 spiro atoms. The van der Waals surface area contributed by atoms with Crippen LogP contribution in [0.5, 0.6) is 0 Å². The predicted molar refractivity (Wildman–Crippen MR) is 18.3 cm³/mol. The van der Waals surface area contributed by atoms with Gasteiger partial charge in [0.1, 0.15) is 0 Å². The molecule has 0 aliphatic rings. The van der Waals surface area contributed by atoms with Crippen LogP contribution >= 0.6 is 9.90 Å². The largest absolute Gasteiger partial charge is 0.412 e. The number of hydrogen-bond donors (Lipinski definition) is 0. The van der Waals surface area contributed by atoms with Crippen molar-refractivity contribution in [3.8, 4) is 0 Å². The second-order valence-corrected chi connectivity index (χ2v) is 0. The molecule has 0 aromatic heterocycles. The van der Waals surface area contributed by atoms with Crippen LogP contribution in [0.25, 0.3) is 0 Å². The van der Waals surface area contributed by atoms with Crippen molar-refractivity contribution in [3.63, 3.8) is 0 Å². The molecular weight excluding hydrogens is 247 g/mol. The summed E-state index contributed by atoms with van der Waals surface area (Å²) in [4.78, 5) is 0. The first-order valence-electron chi connectivity index (χ1n) is 0. The fourth-order valence-electron chi connectivity index (χ4n) is 0. The van der Waals surface area contributed by atoms with E-state index in [9.17, 15) is 0 Å². The van der Waals surface area contributed by atoms with E-state index in [1.54, 1.807) is 0 Å². The Balaban J connectivity index is 0. The molecule has 0 heterocycles. The molecule has 0 bridgehead atoms. The zero-order chi connectivity index (χ0) is 0. The average Bonchev–Trinajstić information content (AvgIpc) is 0. The van der Waals surface area contributed by atoms with Gasteiger partial charge in [-0.1, -0.05) is 0 Å². The van der Waals surface area contributed by atoms with Gasteiger partial charge in [-0.05, 0) is 0 Å². The Morgan fingerprint density at radius 2 is 0.750 bits per heavy atom. The molecule has 0 aromatic carbocycles. The van der Waals surface area contributed by atoms with Gasteiger partial charge in [0, 0.05) is 21.1 Å². The van der Waals surface area contributed by atoms with Crippen LogP contribution < -0.4 is 0 Å². The first-order chi connectivity index (χ1) is 0. The Bertz CT molecular complexity index is 6.00. The average molecular weight is 254 g/mol. The molecule has 0 amide bonds. The molecule has 0 aliphatic heterocycles.